The highest BCUT2D eigenvalue weighted by molar-refractivity contribution is 7.22. The van der Waals surface area contributed by atoms with Crippen LogP contribution in [-0.2, 0) is 16.2 Å². The fourth-order valence-corrected chi connectivity index (χ4v) is 14.7. The van der Waals surface area contributed by atoms with E-state index in [1.54, 1.807) is 0 Å². The molecule has 9 aromatic carbocycles. The van der Waals surface area contributed by atoms with Gasteiger partial charge in [0.25, 0.3) is 6.71 Å². The first-order valence-corrected chi connectivity index (χ1v) is 30.0. The van der Waals surface area contributed by atoms with Crippen molar-refractivity contribution in [2.24, 2.45) is 0 Å². The Kier molecular flexibility index (Phi) is 11.1. The Morgan fingerprint density at radius 2 is 0.753 bits per heavy atom. The molecular weight excluding hydrogens is 1020 g/mol. The van der Waals surface area contributed by atoms with E-state index in [0.29, 0.717) is 0 Å². The van der Waals surface area contributed by atoms with Gasteiger partial charge in [-0.3, -0.25) is 9.80 Å². The molecule has 0 atom stereocenters. The fraction of sp³-hybridized carbons (Fsp3) is 0.162. The number of hydrogen-bond donors (Lipinski definition) is 0. The number of nitrogens with zero attached hydrogens (tertiary/aromatic N) is 2. The normalized spacial score (nSPS) is 13.4. The number of thiophene rings is 2. The predicted octanol–water partition coefficient (Wildman–Crippen LogP) is 20.3. The summed E-state index contributed by atoms with van der Waals surface area (Å²) in [5.74, 6) is 1.66. The summed E-state index contributed by atoms with van der Waals surface area (Å²) in [6, 6.07) is 76.9. The molecule has 4 aromatic heterocycles. The van der Waals surface area contributed by atoms with Crippen molar-refractivity contribution in [3.63, 3.8) is 0 Å². The van der Waals surface area contributed by atoms with Gasteiger partial charge in [-0.25, -0.2) is 0 Å². The summed E-state index contributed by atoms with van der Waals surface area (Å²) in [6.45, 7) is 20.6. The molecule has 0 aliphatic carbocycles. The molecule has 4 nitrogen and oxygen atoms in total. The van der Waals surface area contributed by atoms with Gasteiger partial charge in [0.2, 0.25) is 11.8 Å². The molecule has 0 spiro atoms. The van der Waals surface area contributed by atoms with Gasteiger partial charge in [-0.1, -0.05) is 184 Å². The van der Waals surface area contributed by atoms with E-state index >= 15 is 0 Å². The predicted molar refractivity (Wildman–Crippen MR) is 349 cm³/mol. The average Bonchev–Trinajstić information content (AvgIpc) is 3.46. The van der Waals surface area contributed by atoms with Gasteiger partial charge in [0, 0.05) is 63.4 Å². The molecule has 0 bridgehead atoms. The maximum atomic E-state index is 7.58. The Morgan fingerprint density at radius 1 is 0.346 bits per heavy atom. The molecule has 0 amide bonds. The Morgan fingerprint density at radius 3 is 1.16 bits per heavy atom. The van der Waals surface area contributed by atoms with Gasteiger partial charge >= 0.3 is 0 Å². The first kappa shape index (κ1) is 49.7. The Labute approximate surface area is 482 Å². The zero-order chi connectivity index (χ0) is 55.3. The van der Waals surface area contributed by atoms with Crippen molar-refractivity contribution in [2.45, 2.75) is 78.6 Å². The molecule has 15 rings (SSSR count). The van der Waals surface area contributed by atoms with E-state index in [-0.39, 0.29) is 23.0 Å². The van der Waals surface area contributed by atoms with Crippen molar-refractivity contribution in [3.8, 4) is 43.1 Å². The van der Waals surface area contributed by atoms with Crippen molar-refractivity contribution in [1.29, 1.82) is 0 Å². The van der Waals surface area contributed by atoms with Crippen LogP contribution in [0, 0.1) is 0 Å². The number of hydrogen-bond acceptors (Lipinski definition) is 6. The second-order valence-electron chi connectivity index (χ2n) is 25.3. The zero-order valence-electron chi connectivity index (χ0n) is 47.2. The molecule has 7 heteroatoms. The highest BCUT2D eigenvalue weighted by Gasteiger charge is 2.50. The quantitative estimate of drug-likeness (QED) is 0.155. The van der Waals surface area contributed by atoms with Gasteiger partial charge in [0.15, 0.2) is 0 Å². The number of rotatable bonds is 6. The third-order valence-corrected chi connectivity index (χ3v) is 19.3. The van der Waals surface area contributed by atoms with Gasteiger partial charge in [0.1, 0.15) is 11.2 Å². The first-order valence-electron chi connectivity index (χ1n) is 28.3. The monoisotopic (exact) mass is 1080 g/mol. The molecule has 2 aliphatic rings. The lowest BCUT2D eigenvalue weighted by atomic mass is 9.33. The van der Waals surface area contributed by atoms with Crippen LogP contribution < -0.4 is 26.2 Å². The standard InChI is InChI=1S/C74H61BN2O2S2/c1-72(2,3)50-30-34-61-55(40-50)67-70(78-61)76(57-32-28-48(36-53(57)44-20-12-10-13-21-44)65-38-46-24-16-18-26-63(46)80-65)59-42-52(74(7,8)9)43-60-69(59)75(67)68-56-41-51(73(4,5)6)31-35-62(56)79-71(68)77(60)58-33-29-49(37-54(58)45-22-14-11-15-23-45)66-39-47-25-17-19-27-64(47)81-66/h10-43H,1-9H3. The highest BCUT2D eigenvalue weighted by Crippen LogP contribution is 2.53. The maximum Gasteiger partial charge on any atom is 0.262 e. The van der Waals surface area contributed by atoms with Crippen molar-refractivity contribution in [2.75, 3.05) is 9.80 Å². The molecule has 0 saturated heterocycles. The summed E-state index contributed by atoms with van der Waals surface area (Å²) in [7, 11) is 0. The average molecular weight is 1090 g/mol. The van der Waals surface area contributed by atoms with Crippen LogP contribution in [0.5, 0.6) is 0 Å². The second-order valence-corrected chi connectivity index (χ2v) is 27.5. The van der Waals surface area contributed by atoms with Crippen LogP contribution in [-0.4, -0.2) is 6.71 Å². The summed E-state index contributed by atoms with van der Waals surface area (Å²) < 4.78 is 17.7. The minimum Gasteiger partial charge on any atom is -0.440 e. The summed E-state index contributed by atoms with van der Waals surface area (Å²) in [4.78, 5) is 7.45. The SMILES string of the molecule is CC(C)(C)c1cc2c3c(c1)N(c1ccc(-c4cc5ccccc5s4)cc1-c1ccccc1)c1oc4ccc(C(C)(C)C)cc4c1B3c1c(oc3ccc(C(C)(C)C)cc13)N2c1ccc(-c2cc3ccccc3s2)cc1-c1ccccc1. The molecule has 0 fully saturated rings. The third kappa shape index (κ3) is 8.06. The van der Waals surface area contributed by atoms with E-state index in [0.717, 1.165) is 89.6 Å². The fourth-order valence-electron chi connectivity index (χ4n) is 12.6. The van der Waals surface area contributed by atoms with Crippen LogP contribution in [0.15, 0.2) is 215 Å². The highest BCUT2D eigenvalue weighted by atomic mass is 32.1. The molecule has 0 unspecified atom stereocenters. The summed E-state index contributed by atoms with van der Waals surface area (Å²) in [5, 5.41) is 4.75. The molecule has 0 saturated carbocycles. The molecule has 6 heterocycles. The Bertz CT molecular complexity index is 4320. The summed E-state index contributed by atoms with van der Waals surface area (Å²) >= 11 is 3.69. The van der Waals surface area contributed by atoms with Crippen molar-refractivity contribution >= 4 is 122 Å². The van der Waals surface area contributed by atoms with E-state index in [1.165, 1.54) is 63.2 Å². The van der Waals surface area contributed by atoms with E-state index in [9.17, 15) is 0 Å². The second kappa shape index (κ2) is 18.1. The maximum absolute atomic E-state index is 7.58. The first-order chi connectivity index (χ1) is 39.0. The minimum atomic E-state index is -0.273. The summed E-state index contributed by atoms with van der Waals surface area (Å²) in [6.07, 6.45) is 0. The van der Waals surface area contributed by atoms with Crippen molar-refractivity contribution in [1.82, 2.24) is 0 Å². The number of fused-ring (bicyclic) bond motifs is 10. The van der Waals surface area contributed by atoms with Gasteiger partial charge in [-0.15, -0.1) is 22.7 Å². The lowest BCUT2D eigenvalue weighted by Crippen LogP contribution is -2.61. The topological polar surface area (TPSA) is 32.8 Å². The molecule has 394 valence electrons. The number of furan rings is 2. The molecule has 2 aliphatic heterocycles. The molecule has 0 radical (unpaired) electrons. The van der Waals surface area contributed by atoms with Gasteiger partial charge in [-0.2, -0.15) is 0 Å². The third-order valence-electron chi connectivity index (χ3n) is 17.0. The molecule has 13 aromatic rings. The van der Waals surface area contributed by atoms with Crippen LogP contribution in [0.3, 0.4) is 0 Å². The van der Waals surface area contributed by atoms with E-state index < -0.39 is 0 Å². The Hall–Kier alpha value is -8.36. The molecule has 0 N–H and O–H groups in total. The van der Waals surface area contributed by atoms with Crippen LogP contribution in [0.1, 0.15) is 79.0 Å². The van der Waals surface area contributed by atoms with Gasteiger partial charge < -0.3 is 8.83 Å². The number of anilines is 6. The molecule has 81 heavy (non-hydrogen) atoms. The zero-order valence-corrected chi connectivity index (χ0v) is 48.9. The lowest BCUT2D eigenvalue weighted by Gasteiger charge is -2.42. The number of benzene rings is 9. The van der Waals surface area contributed by atoms with E-state index in [1.807, 2.05) is 22.7 Å². The van der Waals surface area contributed by atoms with Crippen LogP contribution >= 0.6 is 22.7 Å². The largest absolute Gasteiger partial charge is 0.440 e. The van der Waals surface area contributed by atoms with Crippen LogP contribution in [0.25, 0.3) is 85.2 Å². The lowest BCUT2D eigenvalue weighted by molar-refractivity contribution is 0.588. The van der Waals surface area contributed by atoms with Crippen molar-refractivity contribution < 1.29 is 8.83 Å². The smallest absolute Gasteiger partial charge is 0.262 e. The summed E-state index contributed by atoms with van der Waals surface area (Å²) in [5.41, 5.74) is 19.7. The van der Waals surface area contributed by atoms with Crippen LogP contribution in [0.2, 0.25) is 0 Å². The van der Waals surface area contributed by atoms with Gasteiger partial charge in [0.05, 0.1) is 11.4 Å². The van der Waals surface area contributed by atoms with Crippen molar-refractivity contribution in [3.05, 3.63) is 223 Å². The van der Waals surface area contributed by atoms with Crippen LogP contribution in [0.4, 0.5) is 34.5 Å². The van der Waals surface area contributed by atoms with Gasteiger partial charge in [-0.05, 0) is 156 Å². The Balaban J connectivity index is 1.08. The van der Waals surface area contributed by atoms with E-state index in [4.69, 9.17) is 8.83 Å². The molecular formula is C74H61BN2O2S2. The van der Waals surface area contributed by atoms with E-state index in [2.05, 4.69) is 278 Å². The minimum absolute atomic E-state index is 0.116.